The summed E-state index contributed by atoms with van der Waals surface area (Å²) in [5, 5.41) is 0. The van der Waals surface area contributed by atoms with Gasteiger partial charge in [-0.3, -0.25) is 0 Å². The lowest BCUT2D eigenvalue weighted by molar-refractivity contribution is 0.802. The highest BCUT2D eigenvalue weighted by Gasteiger charge is 2.16. The van der Waals surface area contributed by atoms with Crippen LogP contribution in [-0.4, -0.2) is 16.2 Å². The molecule has 2 aromatic carbocycles. The normalized spacial score (nSPS) is 12.3. The number of hydrogen-bond acceptors (Lipinski definition) is 2. The van der Waals surface area contributed by atoms with E-state index in [9.17, 15) is 0 Å². The van der Waals surface area contributed by atoms with Crippen molar-refractivity contribution in [2.24, 2.45) is 0 Å². The van der Waals surface area contributed by atoms with Gasteiger partial charge in [0.25, 0.3) is 0 Å². The minimum atomic E-state index is 0.258. The minimum Gasteiger partial charge on any atom is -0.120 e. The monoisotopic (exact) mass is 356 g/mol. The van der Waals surface area contributed by atoms with Gasteiger partial charge >= 0.3 is 0 Å². The van der Waals surface area contributed by atoms with Crippen LogP contribution in [0.1, 0.15) is 41.5 Å². The van der Waals surface area contributed by atoms with Crippen molar-refractivity contribution in [1.82, 2.24) is 0 Å². The van der Waals surface area contributed by atoms with Crippen LogP contribution in [0.2, 0.25) is 6.82 Å². The van der Waals surface area contributed by atoms with Crippen molar-refractivity contribution in [2.45, 2.75) is 67.7 Å². The van der Waals surface area contributed by atoms with E-state index in [4.69, 9.17) is 0 Å². The summed E-state index contributed by atoms with van der Waals surface area (Å²) in [7, 11) is 0. The topological polar surface area (TPSA) is 0 Å². The van der Waals surface area contributed by atoms with Gasteiger partial charge in [-0.05, 0) is 24.3 Å². The Morgan fingerprint density at radius 1 is 0.583 bits per heavy atom. The van der Waals surface area contributed by atoms with Crippen molar-refractivity contribution >= 4 is 41.2 Å². The maximum atomic E-state index is 2.29. The second-order valence-corrected chi connectivity index (χ2v) is 12.1. The molecule has 3 heteroatoms. The van der Waals surface area contributed by atoms with Crippen LogP contribution >= 0.6 is 23.5 Å². The molecule has 0 radical (unpaired) electrons. The summed E-state index contributed by atoms with van der Waals surface area (Å²) in [6.45, 7) is 16.2. The molecule has 0 fully saturated rings. The molecule has 128 valence electrons. The molecule has 0 aliphatic heterocycles. The highest BCUT2D eigenvalue weighted by Crippen LogP contribution is 2.32. The molecule has 0 unspecified atom stereocenters. The molecule has 0 nitrogen and oxygen atoms in total. The van der Waals surface area contributed by atoms with E-state index in [1.807, 2.05) is 23.5 Å². The number of rotatable bonds is 4. The van der Waals surface area contributed by atoms with Crippen LogP contribution in [0.3, 0.4) is 0 Å². The number of thioether (sulfide) groups is 2. The Morgan fingerprint density at radius 3 is 1.12 bits per heavy atom. The zero-order valence-corrected chi connectivity index (χ0v) is 17.6. The SMILES string of the molecule is CB(c1ccc(SC(C)(C)C)cc1)c1ccc(SC(C)(C)C)cc1. The van der Waals surface area contributed by atoms with E-state index in [1.165, 1.54) is 20.7 Å². The van der Waals surface area contributed by atoms with E-state index in [0.29, 0.717) is 6.71 Å². The molecule has 0 amide bonds. The zero-order chi connectivity index (χ0) is 18.0. The van der Waals surface area contributed by atoms with Gasteiger partial charge in [-0.1, -0.05) is 83.6 Å². The van der Waals surface area contributed by atoms with E-state index < -0.39 is 0 Å². The molecule has 0 heterocycles. The van der Waals surface area contributed by atoms with Crippen LogP contribution in [-0.2, 0) is 0 Å². The molecule has 2 rings (SSSR count). The standard InChI is InChI=1S/C21H29BS2/c1-20(2,3)23-18-12-8-16(9-13-18)22(7)17-10-14-19(15-11-17)24-21(4,5)6/h8-15H,1-7H3. The van der Waals surface area contributed by atoms with E-state index in [0.717, 1.165) is 0 Å². The Balaban J connectivity index is 2.09. The molecule has 0 aliphatic rings. The third-order valence-electron chi connectivity index (χ3n) is 3.61. The van der Waals surface area contributed by atoms with Crippen molar-refractivity contribution in [1.29, 1.82) is 0 Å². The van der Waals surface area contributed by atoms with Gasteiger partial charge < -0.3 is 0 Å². The van der Waals surface area contributed by atoms with E-state index in [2.05, 4.69) is 96.9 Å². The van der Waals surface area contributed by atoms with Crippen molar-refractivity contribution in [3.05, 3.63) is 48.5 Å². The molecule has 0 spiro atoms. The summed E-state index contributed by atoms with van der Waals surface area (Å²) in [6, 6.07) is 18.1. The van der Waals surface area contributed by atoms with Gasteiger partial charge in [0.05, 0.1) is 0 Å². The van der Waals surface area contributed by atoms with Gasteiger partial charge in [0.1, 0.15) is 0 Å². The molecule has 24 heavy (non-hydrogen) atoms. The van der Waals surface area contributed by atoms with Crippen LogP contribution in [0.15, 0.2) is 58.3 Å². The van der Waals surface area contributed by atoms with Gasteiger partial charge in [0.2, 0.25) is 6.71 Å². The lowest BCUT2D eigenvalue weighted by Crippen LogP contribution is -2.38. The second-order valence-electron chi connectivity index (χ2n) is 8.29. The van der Waals surface area contributed by atoms with Crippen LogP contribution in [0.5, 0.6) is 0 Å². The van der Waals surface area contributed by atoms with E-state index >= 15 is 0 Å². The predicted molar refractivity (Wildman–Crippen MR) is 115 cm³/mol. The first kappa shape index (κ1) is 19.5. The smallest absolute Gasteiger partial charge is 0.120 e. The summed E-state index contributed by atoms with van der Waals surface area (Å²) in [5.41, 5.74) is 2.76. The third kappa shape index (κ3) is 6.25. The molecule has 0 atom stereocenters. The fourth-order valence-electron chi connectivity index (χ4n) is 2.55. The number of benzene rings is 2. The van der Waals surface area contributed by atoms with E-state index in [1.54, 1.807) is 0 Å². The fraction of sp³-hybridized carbons (Fsp3) is 0.429. The Kier molecular flexibility index (Phi) is 6.20. The molecular weight excluding hydrogens is 327 g/mol. The molecule has 0 aliphatic carbocycles. The maximum Gasteiger partial charge on any atom is 0.206 e. The molecule has 0 saturated heterocycles. The van der Waals surface area contributed by atoms with Crippen LogP contribution in [0.25, 0.3) is 0 Å². The zero-order valence-electron chi connectivity index (χ0n) is 16.0. The summed E-state index contributed by atoms with van der Waals surface area (Å²) in [5.74, 6) is 0. The molecule has 0 N–H and O–H groups in total. The molecule has 0 saturated carbocycles. The molecule has 2 aromatic rings. The quantitative estimate of drug-likeness (QED) is 0.509. The van der Waals surface area contributed by atoms with Gasteiger partial charge in [-0.25, -0.2) is 0 Å². The summed E-state index contributed by atoms with van der Waals surface area (Å²) < 4.78 is 0.515. The second kappa shape index (κ2) is 7.62. The Hall–Kier alpha value is -0.795. The first-order chi connectivity index (χ1) is 11.0. The largest absolute Gasteiger partial charge is 0.206 e. The highest BCUT2D eigenvalue weighted by atomic mass is 32.2. The molecule has 0 bridgehead atoms. The van der Waals surface area contributed by atoms with Crippen molar-refractivity contribution in [2.75, 3.05) is 0 Å². The lowest BCUT2D eigenvalue weighted by Gasteiger charge is -2.19. The van der Waals surface area contributed by atoms with Crippen molar-refractivity contribution < 1.29 is 0 Å². The Labute approximate surface area is 157 Å². The van der Waals surface area contributed by atoms with E-state index in [-0.39, 0.29) is 9.49 Å². The van der Waals surface area contributed by atoms with Gasteiger partial charge in [0.15, 0.2) is 0 Å². The number of hydrogen-bond donors (Lipinski definition) is 0. The van der Waals surface area contributed by atoms with Crippen LogP contribution in [0.4, 0.5) is 0 Å². The first-order valence-corrected chi connectivity index (χ1v) is 10.2. The van der Waals surface area contributed by atoms with Crippen LogP contribution in [0, 0.1) is 0 Å². The predicted octanol–water partition coefficient (Wildman–Crippen LogP) is 5.71. The summed E-state index contributed by atoms with van der Waals surface area (Å²) >= 11 is 3.84. The minimum absolute atomic E-state index is 0.258. The lowest BCUT2D eigenvalue weighted by atomic mass is 9.43. The maximum absolute atomic E-state index is 2.29. The molecular formula is C21H29BS2. The Bertz CT molecular complexity index is 587. The highest BCUT2D eigenvalue weighted by molar-refractivity contribution is 8.00. The van der Waals surface area contributed by atoms with Gasteiger partial charge in [-0.15, -0.1) is 23.5 Å². The summed E-state index contributed by atoms with van der Waals surface area (Å²) in [6.07, 6.45) is 0. The first-order valence-electron chi connectivity index (χ1n) is 8.61. The average Bonchev–Trinajstić information content (AvgIpc) is 2.45. The van der Waals surface area contributed by atoms with Gasteiger partial charge in [0, 0.05) is 19.3 Å². The third-order valence-corrected chi connectivity index (χ3v) is 5.85. The summed E-state index contributed by atoms with van der Waals surface area (Å²) in [4.78, 5) is 2.69. The van der Waals surface area contributed by atoms with Crippen molar-refractivity contribution in [3.8, 4) is 0 Å². The molecule has 0 aromatic heterocycles. The van der Waals surface area contributed by atoms with Gasteiger partial charge in [-0.2, -0.15) is 0 Å². The van der Waals surface area contributed by atoms with Crippen molar-refractivity contribution in [3.63, 3.8) is 0 Å². The Morgan fingerprint density at radius 2 is 0.875 bits per heavy atom. The fourth-order valence-corrected chi connectivity index (χ4v) is 4.51. The average molecular weight is 356 g/mol. The van der Waals surface area contributed by atoms with Crippen LogP contribution < -0.4 is 10.9 Å².